The second-order valence-electron chi connectivity index (χ2n) is 4.84. The molecule has 2 unspecified atom stereocenters. The van der Waals surface area contributed by atoms with Gasteiger partial charge in [0.05, 0.1) is 18.7 Å². The Hall–Kier alpha value is -1.26. The number of nitrogens with one attached hydrogen (secondary N) is 1. The summed E-state index contributed by atoms with van der Waals surface area (Å²) in [5.41, 5.74) is 6.87. The van der Waals surface area contributed by atoms with Crippen molar-refractivity contribution in [1.29, 1.82) is 0 Å². The van der Waals surface area contributed by atoms with Gasteiger partial charge < -0.3 is 15.8 Å². The largest absolute Gasteiger partial charge is 0.494 e. The van der Waals surface area contributed by atoms with Crippen LogP contribution < -0.4 is 15.8 Å². The van der Waals surface area contributed by atoms with Crippen LogP contribution in [-0.4, -0.2) is 18.6 Å². The van der Waals surface area contributed by atoms with E-state index < -0.39 is 6.04 Å². The van der Waals surface area contributed by atoms with Gasteiger partial charge in [-0.1, -0.05) is 38.5 Å². The minimum Gasteiger partial charge on any atom is -0.494 e. The minimum atomic E-state index is -0.437. The highest BCUT2D eigenvalue weighted by Crippen LogP contribution is 2.27. The van der Waals surface area contributed by atoms with Crippen molar-refractivity contribution >= 4 is 18.3 Å². The summed E-state index contributed by atoms with van der Waals surface area (Å²) in [6.45, 7) is 6.62. The number of benzene rings is 1. The van der Waals surface area contributed by atoms with E-state index in [0.29, 0.717) is 13.0 Å². The summed E-state index contributed by atoms with van der Waals surface area (Å²) in [7, 11) is 0. The lowest BCUT2D eigenvalue weighted by atomic mass is 10.0. The Kier molecular flexibility index (Phi) is 9.84. The summed E-state index contributed by atoms with van der Waals surface area (Å²) < 4.78 is 5.63. The van der Waals surface area contributed by atoms with Gasteiger partial charge in [0.2, 0.25) is 5.91 Å². The van der Waals surface area contributed by atoms with Crippen molar-refractivity contribution in [2.24, 2.45) is 5.73 Å². The van der Waals surface area contributed by atoms with Gasteiger partial charge >= 0.3 is 0 Å². The summed E-state index contributed by atoms with van der Waals surface area (Å²) in [6.07, 6.45) is 2.41. The van der Waals surface area contributed by atoms with Crippen LogP contribution in [0.3, 0.4) is 0 Å². The van der Waals surface area contributed by atoms with Crippen molar-refractivity contribution < 1.29 is 9.53 Å². The Morgan fingerprint density at radius 1 is 1.29 bits per heavy atom. The molecule has 2 atom stereocenters. The van der Waals surface area contributed by atoms with E-state index in [4.69, 9.17) is 10.5 Å². The molecule has 1 aromatic rings. The maximum atomic E-state index is 12.1. The first-order valence-electron chi connectivity index (χ1n) is 7.41. The summed E-state index contributed by atoms with van der Waals surface area (Å²) in [4.78, 5) is 12.1. The lowest BCUT2D eigenvalue weighted by molar-refractivity contribution is -0.123. The van der Waals surface area contributed by atoms with Crippen molar-refractivity contribution in [3.63, 3.8) is 0 Å². The van der Waals surface area contributed by atoms with Gasteiger partial charge in [-0.2, -0.15) is 0 Å². The second kappa shape index (κ2) is 10.5. The molecular weight excluding hydrogens is 288 g/mol. The molecule has 0 bridgehead atoms. The molecule has 21 heavy (non-hydrogen) atoms. The zero-order chi connectivity index (χ0) is 15.0. The van der Waals surface area contributed by atoms with Gasteiger partial charge in [-0.3, -0.25) is 4.79 Å². The Balaban J connectivity index is 0.00000400. The van der Waals surface area contributed by atoms with Crippen LogP contribution in [0.1, 0.15) is 51.6 Å². The van der Waals surface area contributed by atoms with Crippen LogP contribution in [0.15, 0.2) is 24.3 Å². The van der Waals surface area contributed by atoms with Gasteiger partial charge in [-0.15, -0.1) is 12.4 Å². The van der Waals surface area contributed by atoms with E-state index in [1.807, 2.05) is 45.0 Å². The van der Waals surface area contributed by atoms with E-state index in [0.717, 1.165) is 24.2 Å². The molecule has 0 saturated carbocycles. The van der Waals surface area contributed by atoms with Gasteiger partial charge in [0.25, 0.3) is 0 Å². The third-order valence-electron chi connectivity index (χ3n) is 3.26. The first-order chi connectivity index (χ1) is 9.63. The fourth-order valence-electron chi connectivity index (χ4n) is 2.18. The van der Waals surface area contributed by atoms with Crippen LogP contribution in [0.5, 0.6) is 5.75 Å². The molecule has 0 aromatic heterocycles. The van der Waals surface area contributed by atoms with Crippen LogP contribution in [0, 0.1) is 0 Å². The van der Waals surface area contributed by atoms with Gasteiger partial charge in [-0.05, 0) is 25.8 Å². The number of halogens is 1. The lowest BCUT2D eigenvalue weighted by Crippen LogP contribution is -2.42. The standard InChI is InChI=1S/C16H26N2O2.ClH/c1-4-9-13(17)16(19)18-14(5-2)12-10-7-8-11-15(12)20-6-3;/h7-8,10-11,13-14H,4-6,9,17H2,1-3H3,(H,18,19);1H. The highest BCUT2D eigenvalue weighted by atomic mass is 35.5. The number of rotatable bonds is 8. The molecule has 0 aliphatic heterocycles. The van der Waals surface area contributed by atoms with E-state index in [-0.39, 0.29) is 24.4 Å². The van der Waals surface area contributed by atoms with Crippen molar-refractivity contribution in [3.8, 4) is 5.75 Å². The number of amides is 1. The van der Waals surface area contributed by atoms with E-state index in [2.05, 4.69) is 5.32 Å². The molecule has 0 fully saturated rings. The molecule has 5 heteroatoms. The Bertz CT molecular complexity index is 426. The average molecular weight is 315 g/mol. The summed E-state index contributed by atoms with van der Waals surface area (Å²) in [6, 6.07) is 7.32. The second-order valence-corrected chi connectivity index (χ2v) is 4.84. The van der Waals surface area contributed by atoms with Gasteiger partial charge in [0.1, 0.15) is 5.75 Å². The maximum Gasteiger partial charge on any atom is 0.237 e. The molecule has 0 spiro atoms. The van der Waals surface area contributed by atoms with Crippen LogP contribution in [0.4, 0.5) is 0 Å². The molecule has 1 amide bonds. The van der Waals surface area contributed by atoms with Crippen LogP contribution in [0.2, 0.25) is 0 Å². The van der Waals surface area contributed by atoms with E-state index >= 15 is 0 Å². The molecule has 1 rings (SSSR count). The fraction of sp³-hybridized carbons (Fsp3) is 0.562. The Morgan fingerprint density at radius 3 is 2.52 bits per heavy atom. The average Bonchev–Trinajstić information content (AvgIpc) is 2.46. The molecule has 0 aliphatic rings. The maximum absolute atomic E-state index is 12.1. The van der Waals surface area contributed by atoms with Crippen molar-refractivity contribution in [3.05, 3.63) is 29.8 Å². The predicted molar refractivity (Wildman–Crippen MR) is 88.9 cm³/mol. The molecule has 0 heterocycles. The van der Waals surface area contributed by atoms with Crippen molar-refractivity contribution in [2.75, 3.05) is 6.61 Å². The smallest absolute Gasteiger partial charge is 0.237 e. The third kappa shape index (κ3) is 5.94. The van der Waals surface area contributed by atoms with Crippen molar-refractivity contribution in [2.45, 2.75) is 52.1 Å². The lowest BCUT2D eigenvalue weighted by Gasteiger charge is -2.22. The fourth-order valence-corrected chi connectivity index (χ4v) is 2.18. The van der Waals surface area contributed by atoms with Gasteiger partial charge in [0.15, 0.2) is 0 Å². The van der Waals surface area contributed by atoms with E-state index in [1.54, 1.807) is 0 Å². The third-order valence-corrected chi connectivity index (χ3v) is 3.26. The topological polar surface area (TPSA) is 64.4 Å². The normalized spacial score (nSPS) is 13.0. The predicted octanol–water partition coefficient (Wildman–Crippen LogP) is 3.20. The molecule has 0 aliphatic carbocycles. The summed E-state index contributed by atoms with van der Waals surface area (Å²) >= 11 is 0. The van der Waals surface area contributed by atoms with E-state index in [9.17, 15) is 4.79 Å². The molecule has 4 nitrogen and oxygen atoms in total. The van der Waals surface area contributed by atoms with Crippen molar-refractivity contribution in [1.82, 2.24) is 5.32 Å². The number of ether oxygens (including phenoxy) is 1. The SMILES string of the molecule is CCCC(N)C(=O)NC(CC)c1ccccc1OCC.Cl. The summed E-state index contributed by atoms with van der Waals surface area (Å²) in [5.74, 6) is 0.733. The number of hydrogen-bond acceptors (Lipinski definition) is 3. The first-order valence-corrected chi connectivity index (χ1v) is 7.41. The zero-order valence-electron chi connectivity index (χ0n) is 13.1. The van der Waals surface area contributed by atoms with Crippen LogP contribution in [0.25, 0.3) is 0 Å². The molecule has 0 saturated heterocycles. The van der Waals surface area contributed by atoms with Crippen LogP contribution >= 0.6 is 12.4 Å². The summed E-state index contributed by atoms with van der Waals surface area (Å²) in [5, 5.41) is 3.02. The highest BCUT2D eigenvalue weighted by molar-refractivity contribution is 5.85. The van der Waals surface area contributed by atoms with Gasteiger partial charge in [-0.25, -0.2) is 0 Å². The number of carbonyl (C=O) groups excluding carboxylic acids is 1. The molecule has 0 radical (unpaired) electrons. The van der Waals surface area contributed by atoms with Gasteiger partial charge in [0, 0.05) is 5.56 Å². The number of para-hydroxylation sites is 1. The zero-order valence-corrected chi connectivity index (χ0v) is 13.9. The Morgan fingerprint density at radius 2 is 1.95 bits per heavy atom. The molecule has 1 aromatic carbocycles. The van der Waals surface area contributed by atoms with E-state index in [1.165, 1.54) is 0 Å². The first kappa shape index (κ1) is 19.7. The quantitative estimate of drug-likeness (QED) is 0.774. The number of carbonyl (C=O) groups is 1. The monoisotopic (exact) mass is 314 g/mol. The molecule has 3 N–H and O–H groups in total. The number of hydrogen-bond donors (Lipinski definition) is 2. The molecule has 120 valence electrons. The molecular formula is C16H27ClN2O2. The minimum absolute atomic E-state index is 0. The highest BCUT2D eigenvalue weighted by Gasteiger charge is 2.20. The Labute approximate surface area is 133 Å². The number of nitrogens with two attached hydrogens (primary N) is 1. The van der Waals surface area contributed by atoms with Crippen LogP contribution in [-0.2, 0) is 4.79 Å².